The maximum atomic E-state index is 12.3. The van der Waals surface area contributed by atoms with Crippen LogP contribution in [0.25, 0.3) is 22.4 Å². The number of aromatic amines is 1. The molecule has 9 nitrogen and oxygen atoms in total. The predicted molar refractivity (Wildman–Crippen MR) is 121 cm³/mol. The number of aromatic nitrogens is 4. The molecule has 0 unspecified atom stereocenters. The van der Waals surface area contributed by atoms with Gasteiger partial charge in [0.25, 0.3) is 0 Å². The summed E-state index contributed by atoms with van der Waals surface area (Å²) in [7, 11) is 0. The normalized spacial score (nSPS) is 11.2. The maximum Gasteiger partial charge on any atom is 0.316 e. The van der Waals surface area contributed by atoms with Gasteiger partial charge in [-0.3, -0.25) is 14.4 Å². The summed E-state index contributed by atoms with van der Waals surface area (Å²) in [5.41, 5.74) is 2.29. The molecule has 2 N–H and O–H groups in total. The number of carbonyl (C=O) groups is 1. The Morgan fingerprint density at radius 2 is 1.91 bits per heavy atom. The van der Waals surface area contributed by atoms with E-state index in [-0.39, 0.29) is 11.8 Å². The molecule has 0 aliphatic rings. The minimum absolute atomic E-state index is 0.128. The Balaban J connectivity index is 1.60. The summed E-state index contributed by atoms with van der Waals surface area (Å²) in [4.78, 5) is 42.6. The first kappa shape index (κ1) is 21.2. The number of carbonyl (C=O) groups excluding carboxylic acids is 1. The lowest BCUT2D eigenvalue weighted by Gasteiger charge is -2.12. The summed E-state index contributed by atoms with van der Waals surface area (Å²) in [6.45, 7) is 5.88. The second-order valence-electron chi connectivity index (χ2n) is 8.06. The third kappa shape index (κ3) is 4.51. The smallest absolute Gasteiger partial charge is 0.316 e. The quantitative estimate of drug-likeness (QED) is 0.451. The highest BCUT2D eigenvalue weighted by Gasteiger charge is 2.13. The van der Waals surface area contributed by atoms with Gasteiger partial charge in [0.05, 0.1) is 17.5 Å². The first-order valence-corrected chi connectivity index (χ1v) is 10.3. The zero-order chi connectivity index (χ0) is 22.8. The fourth-order valence-electron chi connectivity index (χ4n) is 3.49. The number of nitrogens with zero attached hydrogens (tertiary/aromatic N) is 3. The van der Waals surface area contributed by atoms with Gasteiger partial charge < -0.3 is 19.4 Å². The van der Waals surface area contributed by atoms with Crippen molar-refractivity contribution in [2.75, 3.05) is 5.32 Å². The van der Waals surface area contributed by atoms with Gasteiger partial charge in [0.1, 0.15) is 0 Å². The molecule has 0 saturated heterocycles. The molecule has 0 saturated carbocycles. The lowest BCUT2D eigenvalue weighted by atomic mass is 10.1. The highest BCUT2D eigenvalue weighted by Crippen LogP contribution is 2.22. The van der Waals surface area contributed by atoms with Gasteiger partial charge in [-0.25, -0.2) is 0 Å². The van der Waals surface area contributed by atoms with Crippen LogP contribution < -0.4 is 16.4 Å². The Labute approximate surface area is 183 Å². The molecule has 1 amide bonds. The Kier molecular flexibility index (Phi) is 5.72. The van der Waals surface area contributed by atoms with E-state index < -0.39 is 11.1 Å². The Morgan fingerprint density at radius 1 is 1.16 bits per heavy atom. The maximum absolute atomic E-state index is 12.3. The number of hydrogen-bond donors (Lipinski definition) is 2. The molecule has 32 heavy (non-hydrogen) atoms. The molecule has 0 fully saturated rings. The zero-order valence-electron chi connectivity index (χ0n) is 18.0. The van der Waals surface area contributed by atoms with Crippen molar-refractivity contribution >= 4 is 22.6 Å². The van der Waals surface area contributed by atoms with E-state index in [0.717, 1.165) is 5.56 Å². The standard InChI is InChI=1S/C23H23N5O4/c1-13(2)12-28-19-9-6-16(11-18(19)25-22(30)23(28)31)21-26-20(32-27-21)10-15-4-7-17(8-5-15)24-14(3)29/h4-9,11,13H,10,12H2,1-3H3,(H,24,29)(H,25,30). The molecule has 2 aromatic heterocycles. The summed E-state index contributed by atoms with van der Waals surface area (Å²) in [5, 5.41) is 6.77. The van der Waals surface area contributed by atoms with Crippen molar-refractivity contribution in [3.8, 4) is 11.4 Å². The van der Waals surface area contributed by atoms with Crippen molar-refractivity contribution in [3.05, 3.63) is 74.6 Å². The average Bonchev–Trinajstić information content (AvgIpc) is 3.20. The Morgan fingerprint density at radius 3 is 2.59 bits per heavy atom. The summed E-state index contributed by atoms with van der Waals surface area (Å²) in [5.74, 6) is 0.909. The van der Waals surface area contributed by atoms with Crippen molar-refractivity contribution in [1.82, 2.24) is 19.7 Å². The molecule has 2 heterocycles. The van der Waals surface area contributed by atoms with Crippen molar-refractivity contribution in [2.45, 2.75) is 33.7 Å². The molecule has 0 bridgehead atoms. The molecule has 0 aliphatic heterocycles. The van der Waals surface area contributed by atoms with Gasteiger partial charge in [-0.1, -0.05) is 31.1 Å². The second-order valence-corrected chi connectivity index (χ2v) is 8.06. The second kappa shape index (κ2) is 8.62. The van der Waals surface area contributed by atoms with Crippen LogP contribution in [0.1, 0.15) is 32.2 Å². The molecule has 0 aliphatic carbocycles. The topological polar surface area (TPSA) is 123 Å². The predicted octanol–water partition coefficient (Wildman–Crippen LogP) is 2.95. The monoisotopic (exact) mass is 433 g/mol. The summed E-state index contributed by atoms with van der Waals surface area (Å²) in [6, 6.07) is 12.7. The van der Waals surface area contributed by atoms with Gasteiger partial charge in [-0.2, -0.15) is 4.98 Å². The SMILES string of the molecule is CC(=O)Nc1ccc(Cc2nc(-c3ccc4c(c3)[nH]c(=O)c(=O)n4CC(C)C)no2)cc1. The van der Waals surface area contributed by atoms with E-state index in [1.54, 1.807) is 18.2 Å². The van der Waals surface area contributed by atoms with E-state index in [1.807, 2.05) is 38.1 Å². The highest BCUT2D eigenvalue weighted by molar-refractivity contribution is 5.88. The van der Waals surface area contributed by atoms with Gasteiger partial charge in [0.15, 0.2) is 0 Å². The third-order valence-electron chi connectivity index (χ3n) is 4.88. The average molecular weight is 433 g/mol. The molecule has 0 radical (unpaired) electrons. The number of H-pyrrole nitrogens is 1. The van der Waals surface area contributed by atoms with Crippen LogP contribution >= 0.6 is 0 Å². The number of anilines is 1. The van der Waals surface area contributed by atoms with Crippen molar-refractivity contribution in [3.63, 3.8) is 0 Å². The number of amides is 1. The summed E-state index contributed by atoms with van der Waals surface area (Å²) in [6.07, 6.45) is 0.436. The van der Waals surface area contributed by atoms with Crippen LogP contribution in [0, 0.1) is 5.92 Å². The lowest BCUT2D eigenvalue weighted by Crippen LogP contribution is -2.37. The van der Waals surface area contributed by atoms with Crippen LogP contribution in [-0.2, 0) is 17.8 Å². The molecule has 4 rings (SSSR count). The van der Waals surface area contributed by atoms with Crippen LogP contribution in [0.2, 0.25) is 0 Å². The molecule has 0 spiro atoms. The Bertz CT molecular complexity index is 1400. The fraction of sp³-hybridized carbons (Fsp3) is 0.261. The largest absolute Gasteiger partial charge is 0.339 e. The molecule has 4 aromatic rings. The Hall–Kier alpha value is -4.01. The van der Waals surface area contributed by atoms with E-state index in [0.29, 0.717) is 47.0 Å². The number of hydrogen-bond acceptors (Lipinski definition) is 6. The molecular weight excluding hydrogens is 410 g/mol. The van der Waals surface area contributed by atoms with Crippen LogP contribution in [0.3, 0.4) is 0 Å². The zero-order valence-corrected chi connectivity index (χ0v) is 18.0. The van der Waals surface area contributed by atoms with Crippen molar-refractivity contribution in [2.24, 2.45) is 5.92 Å². The molecule has 0 atom stereocenters. The molecule has 2 aromatic carbocycles. The van der Waals surface area contributed by atoms with E-state index in [4.69, 9.17) is 4.52 Å². The van der Waals surface area contributed by atoms with Gasteiger partial charge in [-0.05, 0) is 41.8 Å². The highest BCUT2D eigenvalue weighted by atomic mass is 16.5. The van der Waals surface area contributed by atoms with Crippen molar-refractivity contribution in [1.29, 1.82) is 0 Å². The van der Waals surface area contributed by atoms with Gasteiger partial charge in [0, 0.05) is 24.7 Å². The van der Waals surface area contributed by atoms with Crippen LogP contribution in [-0.4, -0.2) is 25.6 Å². The lowest BCUT2D eigenvalue weighted by molar-refractivity contribution is -0.114. The molecule has 164 valence electrons. The number of nitrogens with one attached hydrogen (secondary N) is 2. The first-order chi connectivity index (χ1) is 15.3. The molecule has 9 heteroatoms. The van der Waals surface area contributed by atoms with Gasteiger partial charge in [0.2, 0.25) is 17.6 Å². The van der Waals surface area contributed by atoms with E-state index in [1.165, 1.54) is 11.5 Å². The summed E-state index contributed by atoms with van der Waals surface area (Å²) >= 11 is 0. The van der Waals surface area contributed by atoms with E-state index in [2.05, 4.69) is 20.4 Å². The van der Waals surface area contributed by atoms with E-state index >= 15 is 0 Å². The number of rotatable bonds is 6. The van der Waals surface area contributed by atoms with Crippen molar-refractivity contribution < 1.29 is 9.32 Å². The third-order valence-corrected chi connectivity index (χ3v) is 4.88. The number of benzene rings is 2. The minimum atomic E-state index is -0.660. The molecular formula is C23H23N5O4. The van der Waals surface area contributed by atoms with Gasteiger partial charge >= 0.3 is 11.1 Å². The van der Waals surface area contributed by atoms with Gasteiger partial charge in [-0.15, -0.1) is 0 Å². The van der Waals surface area contributed by atoms with Crippen LogP contribution in [0.15, 0.2) is 56.6 Å². The first-order valence-electron chi connectivity index (χ1n) is 10.3. The minimum Gasteiger partial charge on any atom is -0.339 e. The number of fused-ring (bicyclic) bond motifs is 1. The van der Waals surface area contributed by atoms with E-state index in [9.17, 15) is 14.4 Å². The van der Waals surface area contributed by atoms with Crippen LogP contribution in [0.4, 0.5) is 5.69 Å². The summed E-state index contributed by atoms with van der Waals surface area (Å²) < 4.78 is 6.89. The fourth-order valence-corrected chi connectivity index (χ4v) is 3.49. The van der Waals surface area contributed by atoms with Crippen LogP contribution in [0.5, 0.6) is 0 Å².